The number of carbonyl (C=O) groups is 2. The summed E-state index contributed by atoms with van der Waals surface area (Å²) in [5, 5.41) is 12.4. The molecule has 0 aromatic carbocycles. The summed E-state index contributed by atoms with van der Waals surface area (Å²) >= 11 is 1.88. The lowest BCUT2D eigenvalue weighted by Gasteiger charge is -2.35. The van der Waals surface area contributed by atoms with Crippen molar-refractivity contribution >= 4 is 23.8 Å². The van der Waals surface area contributed by atoms with Crippen molar-refractivity contribution in [1.82, 2.24) is 10.2 Å². The van der Waals surface area contributed by atoms with Crippen LogP contribution in [0.25, 0.3) is 0 Å². The summed E-state index contributed by atoms with van der Waals surface area (Å²) in [4.78, 5) is 24.5. The summed E-state index contributed by atoms with van der Waals surface area (Å²) < 4.78 is 0. The van der Waals surface area contributed by atoms with Crippen molar-refractivity contribution in [2.45, 2.75) is 50.2 Å². The summed E-state index contributed by atoms with van der Waals surface area (Å²) in [7, 11) is 0. The number of aliphatic carboxylic acids is 1. The van der Waals surface area contributed by atoms with E-state index in [1.54, 1.807) is 4.90 Å². The molecule has 2 N–H and O–H groups in total. The zero-order valence-electron chi connectivity index (χ0n) is 11.2. The number of hydrogen-bond donors (Lipinski definition) is 2. The van der Waals surface area contributed by atoms with Crippen molar-refractivity contribution < 1.29 is 14.7 Å². The molecule has 1 aliphatic heterocycles. The topological polar surface area (TPSA) is 69.6 Å². The van der Waals surface area contributed by atoms with Gasteiger partial charge in [-0.2, -0.15) is 11.8 Å². The van der Waals surface area contributed by atoms with E-state index in [2.05, 4.69) is 19.2 Å². The van der Waals surface area contributed by atoms with Crippen LogP contribution >= 0.6 is 11.8 Å². The molecule has 0 bridgehead atoms. The van der Waals surface area contributed by atoms with E-state index in [0.717, 1.165) is 13.1 Å². The van der Waals surface area contributed by atoms with Gasteiger partial charge in [-0.15, -0.1) is 0 Å². The van der Waals surface area contributed by atoms with Crippen molar-refractivity contribution in [3.63, 3.8) is 0 Å². The van der Waals surface area contributed by atoms with Gasteiger partial charge in [-0.25, -0.2) is 4.79 Å². The molecule has 3 unspecified atom stereocenters. The van der Waals surface area contributed by atoms with Crippen molar-refractivity contribution in [2.75, 3.05) is 13.1 Å². The molecule has 0 aromatic heterocycles. The molecule has 0 aliphatic carbocycles. The van der Waals surface area contributed by atoms with Gasteiger partial charge in [0, 0.05) is 29.6 Å². The van der Waals surface area contributed by atoms with Gasteiger partial charge in [0.25, 0.3) is 0 Å². The van der Waals surface area contributed by atoms with E-state index in [1.165, 1.54) is 0 Å². The lowest BCUT2D eigenvalue weighted by molar-refractivity contribution is -0.137. The predicted octanol–water partition coefficient (Wildman–Crippen LogP) is 1.78. The van der Waals surface area contributed by atoms with Gasteiger partial charge in [0.05, 0.1) is 6.42 Å². The first-order valence-electron chi connectivity index (χ1n) is 6.35. The monoisotopic (exact) mass is 274 g/mol. The Morgan fingerprint density at radius 3 is 2.39 bits per heavy atom. The Morgan fingerprint density at radius 1 is 1.39 bits per heavy atom. The van der Waals surface area contributed by atoms with Gasteiger partial charge in [-0.3, -0.25) is 4.79 Å². The largest absolute Gasteiger partial charge is 0.481 e. The average Bonchev–Trinajstić information content (AvgIpc) is 2.26. The van der Waals surface area contributed by atoms with Gasteiger partial charge in [-0.05, 0) is 6.42 Å². The molecule has 0 radical (unpaired) electrons. The fourth-order valence-electron chi connectivity index (χ4n) is 2.12. The highest BCUT2D eigenvalue weighted by Gasteiger charge is 2.27. The quantitative estimate of drug-likeness (QED) is 0.820. The summed E-state index contributed by atoms with van der Waals surface area (Å²) in [6, 6.07) is -0.419. The van der Waals surface area contributed by atoms with Crippen LogP contribution in [0.5, 0.6) is 0 Å². The van der Waals surface area contributed by atoms with Gasteiger partial charge < -0.3 is 15.3 Å². The highest BCUT2D eigenvalue weighted by atomic mass is 32.2. The number of thioether (sulfide) groups is 1. The van der Waals surface area contributed by atoms with Crippen molar-refractivity contribution in [3.8, 4) is 0 Å². The van der Waals surface area contributed by atoms with Crippen LogP contribution in [0.2, 0.25) is 0 Å². The standard InChI is InChI=1S/C12H22N2O3S/c1-4-10(5-11(15)16)13-12(17)14-6-8(2)18-9(3)7-14/h8-10H,4-7H2,1-3H3,(H,13,17)(H,15,16). The number of urea groups is 1. The van der Waals surface area contributed by atoms with Gasteiger partial charge in [0.1, 0.15) is 0 Å². The third kappa shape index (κ3) is 4.76. The van der Waals surface area contributed by atoms with Gasteiger partial charge in [-0.1, -0.05) is 20.8 Å². The van der Waals surface area contributed by atoms with Gasteiger partial charge >= 0.3 is 12.0 Å². The number of hydrogen-bond acceptors (Lipinski definition) is 3. The first kappa shape index (κ1) is 15.1. The Bertz CT molecular complexity index is 302. The molecule has 0 aromatic rings. The zero-order valence-corrected chi connectivity index (χ0v) is 12.0. The highest BCUT2D eigenvalue weighted by Crippen LogP contribution is 2.24. The normalized spacial score (nSPS) is 25.6. The minimum absolute atomic E-state index is 0.0179. The predicted molar refractivity (Wildman–Crippen MR) is 73.0 cm³/mol. The molecule has 0 spiro atoms. The summed E-state index contributed by atoms with van der Waals surface area (Å²) in [6.07, 6.45) is 0.613. The maximum atomic E-state index is 12.1. The minimum Gasteiger partial charge on any atom is -0.481 e. The number of nitrogens with zero attached hydrogens (tertiary/aromatic N) is 1. The van der Waals surface area contributed by atoms with Crippen LogP contribution < -0.4 is 5.32 Å². The number of rotatable bonds is 4. The first-order chi connectivity index (χ1) is 8.42. The van der Waals surface area contributed by atoms with E-state index in [-0.39, 0.29) is 18.5 Å². The summed E-state index contributed by atoms with van der Waals surface area (Å²) in [5.41, 5.74) is 0. The second kappa shape index (κ2) is 6.87. The molecule has 6 heteroatoms. The fourth-order valence-corrected chi connectivity index (χ4v) is 3.44. The molecule has 1 rings (SSSR count). The molecule has 0 saturated carbocycles. The Hall–Kier alpha value is -0.910. The second-order valence-corrected chi connectivity index (χ2v) is 6.70. The summed E-state index contributed by atoms with van der Waals surface area (Å²) in [5.74, 6) is -0.877. The number of carboxylic acid groups (broad SMARTS) is 1. The average molecular weight is 274 g/mol. The minimum atomic E-state index is -0.877. The molecule has 3 atom stereocenters. The Labute approximate surface area is 112 Å². The lowest BCUT2D eigenvalue weighted by atomic mass is 10.1. The van der Waals surface area contributed by atoms with E-state index >= 15 is 0 Å². The molecule has 1 aliphatic rings. The van der Waals surface area contributed by atoms with E-state index in [0.29, 0.717) is 16.9 Å². The molecule has 5 nitrogen and oxygen atoms in total. The zero-order chi connectivity index (χ0) is 13.7. The van der Waals surface area contributed by atoms with Crippen LogP contribution in [-0.2, 0) is 4.79 Å². The molecular formula is C12H22N2O3S. The molecule has 1 saturated heterocycles. The maximum absolute atomic E-state index is 12.1. The van der Waals surface area contributed by atoms with E-state index in [4.69, 9.17) is 5.11 Å². The van der Waals surface area contributed by atoms with Crippen LogP contribution in [0.1, 0.15) is 33.6 Å². The Morgan fingerprint density at radius 2 is 1.94 bits per heavy atom. The fraction of sp³-hybridized carbons (Fsp3) is 0.833. The Balaban J connectivity index is 2.50. The highest BCUT2D eigenvalue weighted by molar-refractivity contribution is 8.00. The number of nitrogens with one attached hydrogen (secondary N) is 1. The van der Waals surface area contributed by atoms with Gasteiger partial charge in [0.2, 0.25) is 0 Å². The summed E-state index contributed by atoms with van der Waals surface area (Å²) in [6.45, 7) is 7.55. The van der Waals surface area contributed by atoms with E-state index < -0.39 is 5.97 Å². The van der Waals surface area contributed by atoms with Crippen LogP contribution in [0.15, 0.2) is 0 Å². The third-order valence-corrected chi connectivity index (χ3v) is 4.18. The molecule has 1 fully saturated rings. The van der Waals surface area contributed by atoms with Crippen molar-refractivity contribution in [3.05, 3.63) is 0 Å². The second-order valence-electron chi connectivity index (χ2n) is 4.81. The Kier molecular flexibility index (Phi) is 5.78. The van der Waals surface area contributed by atoms with Crippen molar-refractivity contribution in [1.29, 1.82) is 0 Å². The van der Waals surface area contributed by atoms with Gasteiger partial charge in [0.15, 0.2) is 0 Å². The van der Waals surface area contributed by atoms with E-state index in [9.17, 15) is 9.59 Å². The van der Waals surface area contributed by atoms with Crippen molar-refractivity contribution in [2.24, 2.45) is 0 Å². The molecule has 1 heterocycles. The van der Waals surface area contributed by atoms with Crippen LogP contribution in [0, 0.1) is 0 Å². The lowest BCUT2D eigenvalue weighted by Crippen LogP contribution is -2.51. The van der Waals surface area contributed by atoms with Crippen LogP contribution in [0.3, 0.4) is 0 Å². The van der Waals surface area contributed by atoms with Crippen LogP contribution in [-0.4, -0.2) is 51.6 Å². The van der Waals surface area contributed by atoms with Crippen LogP contribution in [0.4, 0.5) is 4.79 Å². The number of carboxylic acids is 1. The molecule has 104 valence electrons. The number of amides is 2. The molecular weight excluding hydrogens is 252 g/mol. The molecule has 18 heavy (non-hydrogen) atoms. The molecule has 2 amide bonds. The number of carbonyl (C=O) groups excluding carboxylic acids is 1. The maximum Gasteiger partial charge on any atom is 0.317 e. The smallest absolute Gasteiger partial charge is 0.317 e. The van der Waals surface area contributed by atoms with E-state index in [1.807, 2.05) is 18.7 Å². The first-order valence-corrected chi connectivity index (χ1v) is 7.29. The third-order valence-electron chi connectivity index (χ3n) is 2.95. The SMILES string of the molecule is CCC(CC(=O)O)NC(=O)N1CC(C)SC(C)C1.